The molecule has 0 saturated heterocycles. The number of pyridine rings is 3. The van der Waals surface area contributed by atoms with E-state index in [0.717, 1.165) is 22.6 Å². The van der Waals surface area contributed by atoms with E-state index < -0.39 is 0 Å². The van der Waals surface area contributed by atoms with Gasteiger partial charge in [0.2, 0.25) is 0 Å². The molecule has 0 aliphatic heterocycles. The van der Waals surface area contributed by atoms with Crippen LogP contribution in [0.15, 0.2) is 188 Å². The van der Waals surface area contributed by atoms with Crippen LogP contribution in [0.5, 0.6) is 0 Å². The molecule has 7 aromatic rings. The van der Waals surface area contributed by atoms with E-state index >= 15 is 0 Å². The lowest BCUT2D eigenvalue weighted by Gasteiger charge is -2.18. The molecule has 0 bridgehead atoms. The maximum Gasteiger partial charge on any atom is 0.0980 e. The molecule has 4 aromatic carbocycles. The third-order valence-electron chi connectivity index (χ3n) is 7.16. The first-order chi connectivity index (χ1) is 21.9. The monoisotopic (exact) mass is 565 g/mol. The molecule has 3 nitrogen and oxygen atoms in total. The molecule has 0 aliphatic carbocycles. The first kappa shape index (κ1) is 28.2. The summed E-state index contributed by atoms with van der Waals surface area (Å²) in [5.41, 5.74) is 11.0. The zero-order chi connectivity index (χ0) is 29.8. The number of benzene rings is 4. The zero-order valence-corrected chi connectivity index (χ0v) is 24.2. The third kappa shape index (κ3) is 6.75. The first-order valence-corrected chi connectivity index (χ1v) is 14.6. The summed E-state index contributed by atoms with van der Waals surface area (Å²) >= 11 is 0. The van der Waals surface area contributed by atoms with Crippen molar-refractivity contribution in [2.24, 2.45) is 0 Å². The smallest absolute Gasteiger partial charge is 0.0980 e. The lowest BCUT2D eigenvalue weighted by Crippen LogP contribution is -1.97. The molecule has 3 aromatic heterocycles. The molecule has 7 rings (SSSR count). The summed E-state index contributed by atoms with van der Waals surface area (Å²) in [6.45, 7) is 0. The highest BCUT2D eigenvalue weighted by Crippen LogP contribution is 2.36. The molecule has 0 atom stereocenters. The Morgan fingerprint density at radius 2 is 0.659 bits per heavy atom. The molecule has 0 radical (unpaired) electrons. The van der Waals surface area contributed by atoms with Gasteiger partial charge in [0.05, 0.1) is 17.1 Å². The van der Waals surface area contributed by atoms with Crippen molar-refractivity contribution in [2.75, 3.05) is 0 Å². The molecule has 0 aliphatic rings. The van der Waals surface area contributed by atoms with Gasteiger partial charge in [-0.1, -0.05) is 133 Å². The summed E-state index contributed by atoms with van der Waals surface area (Å²) < 4.78 is 0. The largest absolute Gasteiger partial charge is 0.256 e. The highest BCUT2D eigenvalue weighted by molar-refractivity contribution is 6.04. The molecule has 0 amide bonds. The van der Waals surface area contributed by atoms with E-state index in [0.29, 0.717) is 0 Å². The van der Waals surface area contributed by atoms with Crippen molar-refractivity contribution in [1.82, 2.24) is 15.0 Å². The van der Waals surface area contributed by atoms with Gasteiger partial charge < -0.3 is 0 Å². The average molecular weight is 566 g/mol. The number of rotatable bonds is 6. The van der Waals surface area contributed by atoms with Gasteiger partial charge in [-0.25, -0.2) is 0 Å². The van der Waals surface area contributed by atoms with Crippen molar-refractivity contribution in [3.63, 3.8) is 0 Å². The Morgan fingerprint density at radius 3 is 1.05 bits per heavy atom. The van der Waals surface area contributed by atoms with Gasteiger partial charge in [0, 0.05) is 24.2 Å². The van der Waals surface area contributed by atoms with Crippen LogP contribution >= 0.6 is 0 Å². The lowest BCUT2D eigenvalue weighted by molar-refractivity contribution is 1.23. The van der Waals surface area contributed by atoms with Crippen LogP contribution in [0.25, 0.3) is 33.8 Å². The van der Waals surface area contributed by atoms with E-state index in [1.54, 1.807) is 18.6 Å². The van der Waals surface area contributed by atoms with Crippen molar-refractivity contribution >= 4 is 11.1 Å². The highest BCUT2D eigenvalue weighted by Gasteiger charge is 2.15. The zero-order valence-electron chi connectivity index (χ0n) is 24.2. The minimum atomic E-state index is 0.858. The summed E-state index contributed by atoms with van der Waals surface area (Å²) in [6.07, 6.45) is 5.33. The number of nitrogens with zero attached hydrogens (tertiary/aromatic N) is 3. The molecule has 210 valence electrons. The van der Waals surface area contributed by atoms with Crippen molar-refractivity contribution in [3.05, 3.63) is 211 Å². The number of aromatic nitrogens is 3. The van der Waals surface area contributed by atoms with Gasteiger partial charge >= 0.3 is 0 Å². The molecule has 0 N–H and O–H groups in total. The minimum Gasteiger partial charge on any atom is -0.256 e. The molecule has 0 unspecified atom stereocenters. The van der Waals surface area contributed by atoms with Crippen molar-refractivity contribution in [2.45, 2.75) is 0 Å². The molecule has 3 heteroatoms. The van der Waals surface area contributed by atoms with Crippen LogP contribution in [0.2, 0.25) is 0 Å². The molecule has 3 heterocycles. The van der Waals surface area contributed by atoms with E-state index in [-0.39, 0.29) is 0 Å². The SMILES string of the molecule is c1ccc(-c2cccnc2-c2ccccn2)nc1.c1ccc(C(=C(c2ccccc2)c2ccccc2)c2ccccc2)cc1. The Labute approximate surface area is 258 Å². The quantitative estimate of drug-likeness (QED) is 0.188. The van der Waals surface area contributed by atoms with Gasteiger partial charge in [-0.2, -0.15) is 0 Å². The maximum absolute atomic E-state index is 4.42. The summed E-state index contributed by atoms with van der Waals surface area (Å²) in [4.78, 5) is 13.1. The van der Waals surface area contributed by atoms with Gasteiger partial charge in [-0.15, -0.1) is 0 Å². The van der Waals surface area contributed by atoms with E-state index in [1.807, 2.05) is 48.5 Å². The fourth-order valence-corrected chi connectivity index (χ4v) is 5.17. The molecule has 44 heavy (non-hydrogen) atoms. The first-order valence-electron chi connectivity index (χ1n) is 14.6. The lowest BCUT2D eigenvalue weighted by atomic mass is 9.86. The summed E-state index contributed by atoms with van der Waals surface area (Å²) in [5, 5.41) is 0. The fraction of sp³-hybridized carbons (Fsp3) is 0. The van der Waals surface area contributed by atoms with Crippen molar-refractivity contribution < 1.29 is 0 Å². The van der Waals surface area contributed by atoms with E-state index in [9.17, 15) is 0 Å². The maximum atomic E-state index is 4.42. The van der Waals surface area contributed by atoms with Crippen LogP contribution in [-0.2, 0) is 0 Å². The van der Waals surface area contributed by atoms with Crippen LogP contribution in [0.1, 0.15) is 22.3 Å². The molecular formula is C41H31N3. The van der Waals surface area contributed by atoms with Crippen LogP contribution in [0.4, 0.5) is 0 Å². The summed E-state index contributed by atoms with van der Waals surface area (Å²) in [7, 11) is 0. The average Bonchev–Trinajstić information content (AvgIpc) is 3.13. The Hall–Kier alpha value is -5.93. The second-order valence-corrected chi connectivity index (χ2v) is 10.0. The summed E-state index contributed by atoms with van der Waals surface area (Å²) in [6, 6.07) is 58.2. The van der Waals surface area contributed by atoms with Gasteiger partial charge in [0.25, 0.3) is 0 Å². The standard InChI is InChI=1S/C26H20.C15H11N3/c1-5-13-21(14-6-1)25(22-15-7-2-8-16-22)26(23-17-9-3-10-18-23)24-19-11-4-12-20-24;1-3-9-16-13(7-1)12-6-5-11-18-15(12)14-8-2-4-10-17-14/h1-20H;1-11H. The van der Waals surface area contributed by atoms with Gasteiger partial charge in [0.15, 0.2) is 0 Å². The van der Waals surface area contributed by atoms with Crippen LogP contribution in [-0.4, -0.2) is 15.0 Å². The van der Waals surface area contributed by atoms with Crippen LogP contribution < -0.4 is 0 Å². The number of hydrogen-bond donors (Lipinski definition) is 0. The van der Waals surface area contributed by atoms with Crippen molar-refractivity contribution in [1.29, 1.82) is 0 Å². The van der Waals surface area contributed by atoms with Crippen molar-refractivity contribution in [3.8, 4) is 22.6 Å². The third-order valence-corrected chi connectivity index (χ3v) is 7.16. The fourth-order valence-electron chi connectivity index (χ4n) is 5.17. The van der Waals surface area contributed by atoms with Gasteiger partial charge in [-0.3, -0.25) is 15.0 Å². The van der Waals surface area contributed by atoms with Crippen LogP contribution in [0.3, 0.4) is 0 Å². The summed E-state index contributed by atoms with van der Waals surface area (Å²) in [5.74, 6) is 0. The predicted molar refractivity (Wildman–Crippen MR) is 181 cm³/mol. The Balaban J connectivity index is 0.000000167. The van der Waals surface area contributed by atoms with Crippen LogP contribution in [0, 0.1) is 0 Å². The van der Waals surface area contributed by atoms with Gasteiger partial charge in [-0.05, 0) is 69.8 Å². The molecule has 0 spiro atoms. The van der Waals surface area contributed by atoms with E-state index in [2.05, 4.69) is 136 Å². The predicted octanol–water partition coefficient (Wildman–Crippen LogP) is 9.90. The normalized spacial score (nSPS) is 10.3. The molecular weight excluding hydrogens is 534 g/mol. The second-order valence-electron chi connectivity index (χ2n) is 10.0. The molecule has 0 fully saturated rings. The Kier molecular flexibility index (Phi) is 9.17. The minimum absolute atomic E-state index is 0.858. The second kappa shape index (κ2) is 14.3. The highest BCUT2D eigenvalue weighted by atomic mass is 14.8. The number of hydrogen-bond acceptors (Lipinski definition) is 3. The Morgan fingerprint density at radius 1 is 0.295 bits per heavy atom. The van der Waals surface area contributed by atoms with Gasteiger partial charge in [0.1, 0.15) is 0 Å². The topological polar surface area (TPSA) is 38.7 Å². The van der Waals surface area contributed by atoms with E-state index in [4.69, 9.17) is 0 Å². The Bertz CT molecular complexity index is 1680. The molecule has 0 saturated carbocycles. The van der Waals surface area contributed by atoms with E-state index in [1.165, 1.54) is 33.4 Å².